The van der Waals surface area contributed by atoms with E-state index in [2.05, 4.69) is 15.0 Å². The second-order valence-electron chi connectivity index (χ2n) is 4.68. The third-order valence-corrected chi connectivity index (χ3v) is 4.46. The predicted molar refractivity (Wildman–Crippen MR) is 67.5 cm³/mol. The lowest BCUT2D eigenvalue weighted by Crippen LogP contribution is -2.37. The van der Waals surface area contributed by atoms with Crippen LogP contribution >= 0.6 is 0 Å². The van der Waals surface area contributed by atoms with Crippen LogP contribution in [0, 0.1) is 12.8 Å². The molecule has 1 saturated heterocycles. The average Bonchev–Trinajstić information content (AvgIpc) is 2.74. The summed E-state index contributed by atoms with van der Waals surface area (Å²) in [6, 6.07) is 0. The minimum Gasteiger partial charge on any atom is -0.445 e. The highest BCUT2D eigenvalue weighted by atomic mass is 32.2. The fourth-order valence-electron chi connectivity index (χ4n) is 2.09. The van der Waals surface area contributed by atoms with Crippen molar-refractivity contribution >= 4 is 10.0 Å². The number of nitrogens with zero attached hydrogens (tertiary/aromatic N) is 1. The standard InChI is InChI=1S/C11H19N3O3S/c1-9-5-13-11(17-9)7-14-18(15,16)8-10-3-2-4-12-6-10/h5,10,12,14H,2-4,6-8H2,1H3. The Bertz CT molecular complexity index is 477. The van der Waals surface area contributed by atoms with Gasteiger partial charge in [-0.3, -0.25) is 0 Å². The minimum atomic E-state index is -3.26. The Hall–Kier alpha value is -0.920. The summed E-state index contributed by atoms with van der Waals surface area (Å²) in [5.41, 5.74) is 0. The normalized spacial score (nSPS) is 21.1. The monoisotopic (exact) mass is 273 g/mol. The van der Waals surface area contributed by atoms with E-state index in [1.54, 1.807) is 13.1 Å². The molecule has 102 valence electrons. The molecule has 6 nitrogen and oxygen atoms in total. The molecule has 1 aliphatic heterocycles. The van der Waals surface area contributed by atoms with Gasteiger partial charge in [-0.1, -0.05) is 0 Å². The van der Waals surface area contributed by atoms with Crippen molar-refractivity contribution in [1.82, 2.24) is 15.0 Å². The van der Waals surface area contributed by atoms with Gasteiger partial charge in [0.05, 0.1) is 18.5 Å². The Morgan fingerprint density at radius 2 is 2.44 bits per heavy atom. The zero-order valence-electron chi connectivity index (χ0n) is 10.5. The molecule has 1 unspecified atom stereocenters. The highest BCUT2D eigenvalue weighted by Gasteiger charge is 2.21. The van der Waals surface area contributed by atoms with Gasteiger partial charge in [0.15, 0.2) is 0 Å². The third-order valence-electron chi connectivity index (χ3n) is 2.97. The molecule has 0 saturated carbocycles. The second-order valence-corrected chi connectivity index (χ2v) is 6.53. The van der Waals surface area contributed by atoms with Crippen LogP contribution in [0.4, 0.5) is 0 Å². The van der Waals surface area contributed by atoms with Crippen molar-refractivity contribution in [3.8, 4) is 0 Å². The number of piperidine rings is 1. The van der Waals surface area contributed by atoms with Crippen molar-refractivity contribution in [1.29, 1.82) is 0 Å². The van der Waals surface area contributed by atoms with E-state index >= 15 is 0 Å². The summed E-state index contributed by atoms with van der Waals surface area (Å²) in [7, 11) is -3.26. The van der Waals surface area contributed by atoms with Crippen molar-refractivity contribution in [3.05, 3.63) is 17.8 Å². The van der Waals surface area contributed by atoms with Gasteiger partial charge in [-0.25, -0.2) is 18.1 Å². The summed E-state index contributed by atoms with van der Waals surface area (Å²) in [5.74, 6) is 1.45. The van der Waals surface area contributed by atoms with E-state index in [4.69, 9.17) is 4.42 Å². The van der Waals surface area contributed by atoms with E-state index in [0.29, 0.717) is 11.7 Å². The summed E-state index contributed by atoms with van der Waals surface area (Å²) in [4.78, 5) is 3.96. The number of aromatic nitrogens is 1. The van der Waals surface area contributed by atoms with Gasteiger partial charge in [0.25, 0.3) is 0 Å². The molecule has 0 amide bonds. The van der Waals surface area contributed by atoms with Gasteiger partial charge >= 0.3 is 0 Å². The first-order chi connectivity index (χ1) is 8.55. The average molecular weight is 273 g/mol. The molecule has 0 aromatic carbocycles. The van der Waals surface area contributed by atoms with E-state index in [1.807, 2.05) is 0 Å². The molecule has 1 atom stereocenters. The van der Waals surface area contributed by atoms with Crippen molar-refractivity contribution in [2.24, 2.45) is 5.92 Å². The van der Waals surface area contributed by atoms with E-state index < -0.39 is 10.0 Å². The van der Waals surface area contributed by atoms with Crippen LogP contribution in [-0.2, 0) is 16.6 Å². The van der Waals surface area contributed by atoms with E-state index in [-0.39, 0.29) is 18.2 Å². The molecular formula is C11H19N3O3S. The minimum absolute atomic E-state index is 0.121. The fraction of sp³-hybridized carbons (Fsp3) is 0.727. The molecule has 0 bridgehead atoms. The van der Waals surface area contributed by atoms with Crippen LogP contribution in [0.15, 0.2) is 10.6 Å². The molecule has 1 fully saturated rings. The van der Waals surface area contributed by atoms with Gasteiger partial charge in [-0.2, -0.15) is 0 Å². The summed E-state index contributed by atoms with van der Waals surface area (Å²) < 4.78 is 31.5. The SMILES string of the molecule is Cc1cnc(CNS(=O)(=O)CC2CCCNC2)o1. The molecular weight excluding hydrogens is 254 g/mol. The highest BCUT2D eigenvalue weighted by Crippen LogP contribution is 2.12. The molecule has 2 heterocycles. The number of sulfonamides is 1. The highest BCUT2D eigenvalue weighted by molar-refractivity contribution is 7.89. The topological polar surface area (TPSA) is 84.2 Å². The number of oxazole rings is 1. The molecule has 7 heteroatoms. The number of hydrogen-bond donors (Lipinski definition) is 2. The molecule has 0 radical (unpaired) electrons. The first-order valence-corrected chi connectivity index (χ1v) is 7.80. The van der Waals surface area contributed by atoms with Crippen LogP contribution in [-0.4, -0.2) is 32.2 Å². The fourth-order valence-corrected chi connectivity index (χ4v) is 3.46. The molecule has 2 N–H and O–H groups in total. The Morgan fingerprint density at radius 1 is 1.61 bits per heavy atom. The third kappa shape index (κ3) is 4.08. The maximum Gasteiger partial charge on any atom is 0.212 e. The van der Waals surface area contributed by atoms with E-state index in [0.717, 1.165) is 25.9 Å². The Labute approximate surface area is 107 Å². The van der Waals surface area contributed by atoms with Gasteiger partial charge in [0, 0.05) is 0 Å². The Kier molecular flexibility index (Phi) is 4.36. The zero-order valence-corrected chi connectivity index (χ0v) is 11.3. The predicted octanol–water partition coefficient (Wildman–Crippen LogP) is 0.402. The van der Waals surface area contributed by atoms with Crippen LogP contribution in [0.1, 0.15) is 24.5 Å². The van der Waals surface area contributed by atoms with Crippen LogP contribution in [0.5, 0.6) is 0 Å². The lowest BCUT2D eigenvalue weighted by molar-refractivity contribution is 0.401. The quantitative estimate of drug-likeness (QED) is 0.811. The maximum atomic E-state index is 11.9. The van der Waals surface area contributed by atoms with Gasteiger partial charge in [-0.05, 0) is 38.8 Å². The molecule has 0 spiro atoms. The Morgan fingerprint density at radius 3 is 3.06 bits per heavy atom. The summed E-state index contributed by atoms with van der Waals surface area (Å²) in [6.07, 6.45) is 3.58. The van der Waals surface area contributed by atoms with Gasteiger partial charge in [-0.15, -0.1) is 0 Å². The smallest absolute Gasteiger partial charge is 0.212 e. The first kappa shape index (κ1) is 13.5. The number of hydrogen-bond acceptors (Lipinski definition) is 5. The van der Waals surface area contributed by atoms with E-state index in [1.165, 1.54) is 0 Å². The first-order valence-electron chi connectivity index (χ1n) is 6.14. The van der Waals surface area contributed by atoms with Crippen molar-refractivity contribution in [3.63, 3.8) is 0 Å². The molecule has 1 aliphatic rings. The van der Waals surface area contributed by atoms with Gasteiger partial charge in [0.1, 0.15) is 5.76 Å². The summed E-state index contributed by atoms with van der Waals surface area (Å²) in [5, 5.41) is 3.21. The van der Waals surface area contributed by atoms with Crippen LogP contribution in [0.3, 0.4) is 0 Å². The number of nitrogens with one attached hydrogen (secondary N) is 2. The lowest BCUT2D eigenvalue weighted by Gasteiger charge is -2.22. The second kappa shape index (κ2) is 5.81. The molecule has 0 aliphatic carbocycles. The van der Waals surface area contributed by atoms with Gasteiger partial charge in [0.2, 0.25) is 15.9 Å². The molecule has 1 aromatic rings. The van der Waals surface area contributed by atoms with Crippen molar-refractivity contribution in [2.75, 3.05) is 18.8 Å². The zero-order chi connectivity index (χ0) is 13.0. The summed E-state index contributed by atoms with van der Waals surface area (Å²) >= 11 is 0. The van der Waals surface area contributed by atoms with Crippen LogP contribution in [0.25, 0.3) is 0 Å². The largest absolute Gasteiger partial charge is 0.445 e. The lowest BCUT2D eigenvalue weighted by atomic mass is 10.0. The summed E-state index contributed by atoms with van der Waals surface area (Å²) in [6.45, 7) is 3.66. The molecule has 18 heavy (non-hydrogen) atoms. The van der Waals surface area contributed by atoms with Crippen molar-refractivity contribution < 1.29 is 12.8 Å². The maximum absolute atomic E-state index is 11.9. The Balaban J connectivity index is 1.83. The molecule has 2 rings (SSSR count). The number of rotatable bonds is 5. The van der Waals surface area contributed by atoms with Crippen LogP contribution in [0.2, 0.25) is 0 Å². The van der Waals surface area contributed by atoms with E-state index in [9.17, 15) is 8.42 Å². The van der Waals surface area contributed by atoms with Crippen molar-refractivity contribution in [2.45, 2.75) is 26.3 Å². The number of aryl methyl sites for hydroxylation is 1. The van der Waals surface area contributed by atoms with Crippen LogP contribution < -0.4 is 10.0 Å². The van der Waals surface area contributed by atoms with Gasteiger partial charge < -0.3 is 9.73 Å². The molecule has 1 aromatic heterocycles.